The predicted octanol–water partition coefficient (Wildman–Crippen LogP) is 4.79. The zero-order valence-corrected chi connectivity index (χ0v) is 19.5. The maximum absolute atomic E-state index is 13.5. The lowest BCUT2D eigenvalue weighted by atomic mass is 9.87. The maximum Gasteiger partial charge on any atom is 0.261 e. The van der Waals surface area contributed by atoms with E-state index in [4.69, 9.17) is 4.74 Å². The van der Waals surface area contributed by atoms with Crippen LogP contribution in [0.15, 0.2) is 48.5 Å². The van der Waals surface area contributed by atoms with Gasteiger partial charge in [0, 0.05) is 18.5 Å². The molecule has 33 heavy (non-hydrogen) atoms. The number of nitrogens with zero attached hydrogens (tertiary/aromatic N) is 1. The summed E-state index contributed by atoms with van der Waals surface area (Å²) in [6.07, 6.45) is 7.38. The van der Waals surface area contributed by atoms with Gasteiger partial charge in [0.2, 0.25) is 5.91 Å². The van der Waals surface area contributed by atoms with Crippen molar-refractivity contribution in [1.82, 2.24) is 10.2 Å². The highest BCUT2D eigenvalue weighted by Crippen LogP contribution is 2.39. The van der Waals surface area contributed by atoms with E-state index in [1.807, 2.05) is 31.2 Å². The number of hydrogen-bond acceptors (Lipinski definition) is 3. The summed E-state index contributed by atoms with van der Waals surface area (Å²) in [5.41, 5.74) is 3.50. The Bertz CT molecular complexity index is 995. The van der Waals surface area contributed by atoms with Gasteiger partial charge in [0.1, 0.15) is 5.75 Å². The molecule has 2 fully saturated rings. The number of hydrogen-bond donors (Lipinski definition) is 1. The Hall–Kier alpha value is -2.82. The molecule has 0 spiro atoms. The second-order valence-corrected chi connectivity index (χ2v) is 9.73. The average molecular weight is 447 g/mol. The van der Waals surface area contributed by atoms with Crippen LogP contribution < -0.4 is 10.1 Å². The van der Waals surface area contributed by atoms with Crippen molar-refractivity contribution in [2.75, 3.05) is 6.54 Å². The largest absolute Gasteiger partial charge is 0.481 e. The van der Waals surface area contributed by atoms with Gasteiger partial charge in [-0.05, 0) is 67.3 Å². The van der Waals surface area contributed by atoms with Gasteiger partial charge < -0.3 is 15.0 Å². The third kappa shape index (κ3) is 4.78. The first-order valence-corrected chi connectivity index (χ1v) is 12.6. The number of carbonyl (C=O) groups excluding carboxylic acids is 2. The van der Waals surface area contributed by atoms with Gasteiger partial charge in [-0.15, -0.1) is 0 Å². The Kier molecular flexibility index (Phi) is 6.39. The fourth-order valence-corrected chi connectivity index (χ4v) is 5.31. The number of amides is 2. The van der Waals surface area contributed by atoms with Crippen LogP contribution in [-0.4, -0.2) is 35.4 Å². The molecule has 1 N–H and O–H groups in total. The second-order valence-electron chi connectivity index (χ2n) is 9.73. The number of ether oxygens (including phenoxy) is 1. The summed E-state index contributed by atoms with van der Waals surface area (Å²) in [6, 6.07) is 16.7. The summed E-state index contributed by atoms with van der Waals surface area (Å²) >= 11 is 0. The first-order valence-electron chi connectivity index (χ1n) is 12.6. The summed E-state index contributed by atoms with van der Waals surface area (Å²) in [5.74, 6) is 1.10. The molecule has 0 bridgehead atoms. The minimum Gasteiger partial charge on any atom is -0.481 e. The zero-order chi connectivity index (χ0) is 22.8. The molecule has 5 rings (SSSR count). The van der Waals surface area contributed by atoms with Crippen LogP contribution in [0.1, 0.15) is 74.6 Å². The molecule has 3 aliphatic rings. The van der Waals surface area contributed by atoms with E-state index in [1.165, 1.54) is 5.56 Å². The van der Waals surface area contributed by atoms with Crippen LogP contribution >= 0.6 is 0 Å². The molecule has 2 aromatic carbocycles. The molecule has 1 aliphatic heterocycles. The zero-order valence-electron chi connectivity index (χ0n) is 19.5. The summed E-state index contributed by atoms with van der Waals surface area (Å²) in [7, 11) is 0. The van der Waals surface area contributed by atoms with Gasteiger partial charge in [-0.1, -0.05) is 56.2 Å². The van der Waals surface area contributed by atoms with Gasteiger partial charge >= 0.3 is 0 Å². The molecule has 1 heterocycles. The Labute approximate surface area is 196 Å². The van der Waals surface area contributed by atoms with E-state index >= 15 is 0 Å². The molecule has 0 saturated heterocycles. The molecule has 0 aromatic heterocycles. The van der Waals surface area contributed by atoms with Crippen LogP contribution in [0.25, 0.3) is 0 Å². The van der Waals surface area contributed by atoms with E-state index in [9.17, 15) is 9.59 Å². The third-order valence-electron chi connectivity index (χ3n) is 7.31. The summed E-state index contributed by atoms with van der Waals surface area (Å²) in [4.78, 5) is 28.2. The molecule has 174 valence electrons. The fourth-order valence-electron chi connectivity index (χ4n) is 5.31. The fraction of sp³-hybridized carbons (Fsp3) is 0.500. The number of carbonyl (C=O) groups is 2. The van der Waals surface area contributed by atoms with Crippen LogP contribution in [0.4, 0.5) is 0 Å². The minimum absolute atomic E-state index is 0.0321. The molecular formula is C28H34N2O3. The van der Waals surface area contributed by atoms with Crippen molar-refractivity contribution in [2.45, 2.75) is 76.5 Å². The monoisotopic (exact) mass is 446 g/mol. The highest BCUT2D eigenvalue weighted by Gasteiger charge is 2.36. The molecule has 0 radical (unpaired) electrons. The van der Waals surface area contributed by atoms with Crippen molar-refractivity contribution in [1.29, 1.82) is 0 Å². The van der Waals surface area contributed by atoms with Gasteiger partial charge in [0.05, 0.1) is 6.04 Å². The normalized spacial score (nSPS) is 21.4. The molecule has 2 saturated carbocycles. The van der Waals surface area contributed by atoms with E-state index in [0.717, 1.165) is 62.6 Å². The van der Waals surface area contributed by atoms with E-state index in [-0.39, 0.29) is 23.8 Å². The van der Waals surface area contributed by atoms with Crippen LogP contribution in [0.5, 0.6) is 5.75 Å². The maximum atomic E-state index is 13.5. The highest BCUT2D eigenvalue weighted by atomic mass is 16.5. The van der Waals surface area contributed by atoms with Gasteiger partial charge in [0.15, 0.2) is 6.10 Å². The first-order chi connectivity index (χ1) is 16.1. The standard InChI is InChI=1S/C28H34N2O3/c1-2-25(27(31)29-22-13-14-22)33-23-15-12-19-16-17-30(28(32)21-10-6-7-11-21)26(24(19)18-23)20-8-4-3-5-9-20/h3-5,8-9,12,15,18,21-22,25-26H,2,6-7,10-11,13-14,16-17H2,1H3,(H,29,31)/t25-,26+/m0/s1. The third-order valence-corrected chi connectivity index (χ3v) is 7.31. The summed E-state index contributed by atoms with van der Waals surface area (Å²) in [6.45, 7) is 2.72. The van der Waals surface area contributed by atoms with Crippen molar-refractivity contribution in [2.24, 2.45) is 5.92 Å². The Balaban J connectivity index is 1.45. The molecule has 2 atom stereocenters. The molecule has 2 amide bonds. The van der Waals surface area contributed by atoms with Crippen molar-refractivity contribution in [3.8, 4) is 5.75 Å². The van der Waals surface area contributed by atoms with Gasteiger partial charge in [-0.25, -0.2) is 0 Å². The number of benzene rings is 2. The molecular weight excluding hydrogens is 412 g/mol. The number of fused-ring (bicyclic) bond motifs is 1. The van der Waals surface area contributed by atoms with Crippen LogP contribution in [0.2, 0.25) is 0 Å². The molecule has 5 nitrogen and oxygen atoms in total. The lowest BCUT2D eigenvalue weighted by Gasteiger charge is -2.39. The molecule has 0 unspecified atom stereocenters. The lowest BCUT2D eigenvalue weighted by molar-refractivity contribution is -0.137. The van der Waals surface area contributed by atoms with Crippen LogP contribution in [0, 0.1) is 5.92 Å². The van der Waals surface area contributed by atoms with E-state index in [2.05, 4.69) is 34.5 Å². The second kappa shape index (κ2) is 9.58. The molecule has 2 aliphatic carbocycles. The molecule has 2 aromatic rings. The highest BCUT2D eigenvalue weighted by molar-refractivity contribution is 5.82. The van der Waals surface area contributed by atoms with E-state index < -0.39 is 6.10 Å². The number of rotatable bonds is 7. The number of nitrogens with one attached hydrogen (secondary N) is 1. The Morgan fingerprint density at radius 3 is 2.52 bits per heavy atom. The van der Waals surface area contributed by atoms with E-state index in [1.54, 1.807) is 0 Å². The van der Waals surface area contributed by atoms with Crippen molar-refractivity contribution < 1.29 is 14.3 Å². The van der Waals surface area contributed by atoms with Crippen molar-refractivity contribution in [3.63, 3.8) is 0 Å². The van der Waals surface area contributed by atoms with Crippen molar-refractivity contribution >= 4 is 11.8 Å². The predicted molar refractivity (Wildman–Crippen MR) is 128 cm³/mol. The van der Waals surface area contributed by atoms with Crippen molar-refractivity contribution in [3.05, 3.63) is 65.2 Å². The van der Waals surface area contributed by atoms with Gasteiger partial charge in [0.25, 0.3) is 5.91 Å². The summed E-state index contributed by atoms with van der Waals surface area (Å²) < 4.78 is 6.18. The molecule has 5 heteroatoms. The Morgan fingerprint density at radius 1 is 1.06 bits per heavy atom. The van der Waals surface area contributed by atoms with Gasteiger partial charge in [-0.3, -0.25) is 9.59 Å². The quantitative estimate of drug-likeness (QED) is 0.665. The topological polar surface area (TPSA) is 58.6 Å². The SMILES string of the molecule is CC[C@H](Oc1ccc2c(c1)[C@@H](c1ccccc1)N(C(=O)C1CCCC1)CC2)C(=O)NC1CC1. The lowest BCUT2D eigenvalue weighted by Crippen LogP contribution is -2.43. The van der Waals surface area contributed by atoms with Crippen LogP contribution in [-0.2, 0) is 16.0 Å². The smallest absolute Gasteiger partial charge is 0.261 e. The first kappa shape index (κ1) is 22.0. The van der Waals surface area contributed by atoms with E-state index in [0.29, 0.717) is 18.2 Å². The van der Waals surface area contributed by atoms with Gasteiger partial charge in [-0.2, -0.15) is 0 Å². The minimum atomic E-state index is -0.501. The Morgan fingerprint density at radius 2 is 1.82 bits per heavy atom. The van der Waals surface area contributed by atoms with Crippen LogP contribution in [0.3, 0.4) is 0 Å². The summed E-state index contributed by atoms with van der Waals surface area (Å²) in [5, 5.41) is 3.06. The average Bonchev–Trinajstić information content (AvgIpc) is 3.49.